The number of hydrogen-bond acceptors (Lipinski definition) is 4. The van der Waals surface area contributed by atoms with Gasteiger partial charge in [-0.3, -0.25) is 0 Å². The molecule has 0 radical (unpaired) electrons. The zero-order valence-electron chi connectivity index (χ0n) is 12.1. The van der Waals surface area contributed by atoms with Crippen molar-refractivity contribution >= 4 is 27.7 Å². The summed E-state index contributed by atoms with van der Waals surface area (Å²) in [5, 5.41) is 3.13. The lowest BCUT2D eigenvalue weighted by Gasteiger charge is -2.25. The average Bonchev–Trinajstić information content (AvgIpc) is 2.30. The van der Waals surface area contributed by atoms with Crippen LogP contribution >= 0.6 is 15.9 Å². The normalized spacial score (nSPS) is 11.5. The van der Waals surface area contributed by atoms with Crippen molar-refractivity contribution in [3.63, 3.8) is 0 Å². The molecule has 0 fully saturated rings. The second kappa shape index (κ2) is 5.87. The van der Waals surface area contributed by atoms with Gasteiger partial charge in [-0.05, 0) is 29.8 Å². The van der Waals surface area contributed by atoms with E-state index in [1.165, 1.54) is 0 Å². The molecule has 1 aromatic rings. The molecule has 0 aliphatic rings. The molecule has 0 amide bonds. The van der Waals surface area contributed by atoms with E-state index in [1.54, 1.807) is 0 Å². The molecule has 1 N–H and O–H groups in total. The van der Waals surface area contributed by atoms with Gasteiger partial charge < -0.3 is 10.2 Å². The Morgan fingerprint density at radius 2 is 1.72 bits per heavy atom. The summed E-state index contributed by atoms with van der Waals surface area (Å²) in [4.78, 5) is 11.4. The molecule has 5 heteroatoms. The molecular weight excluding hydrogens is 292 g/mol. The highest BCUT2D eigenvalue weighted by molar-refractivity contribution is 9.10. The Kier molecular flexibility index (Phi) is 4.96. The van der Waals surface area contributed by atoms with Gasteiger partial charge in [0.1, 0.15) is 5.82 Å². The van der Waals surface area contributed by atoms with Gasteiger partial charge in [-0.2, -0.15) is 4.98 Å². The van der Waals surface area contributed by atoms with E-state index in [0.29, 0.717) is 0 Å². The van der Waals surface area contributed by atoms with E-state index in [9.17, 15) is 0 Å². The number of aromatic nitrogens is 2. The molecule has 0 aliphatic carbocycles. The molecular formula is C13H23BrN4. The van der Waals surface area contributed by atoms with E-state index in [1.807, 2.05) is 7.05 Å². The first-order valence-corrected chi connectivity index (χ1v) is 7.15. The number of anilines is 2. The fourth-order valence-electron chi connectivity index (χ4n) is 1.75. The molecule has 0 spiro atoms. The molecule has 0 saturated heterocycles. The summed E-state index contributed by atoms with van der Waals surface area (Å²) in [6.45, 7) is 12.5. The fraction of sp³-hybridized carbons (Fsp3) is 0.692. The number of halogens is 1. The van der Waals surface area contributed by atoms with Gasteiger partial charge in [-0.1, -0.05) is 20.8 Å². The van der Waals surface area contributed by atoms with Crippen LogP contribution in [0.5, 0.6) is 0 Å². The van der Waals surface area contributed by atoms with Crippen LogP contribution < -0.4 is 10.2 Å². The van der Waals surface area contributed by atoms with Crippen molar-refractivity contribution in [2.24, 2.45) is 0 Å². The minimum Gasteiger partial charge on any atom is -0.372 e. The summed E-state index contributed by atoms with van der Waals surface area (Å²) in [5.74, 6) is 1.63. The van der Waals surface area contributed by atoms with Gasteiger partial charge in [-0.25, -0.2) is 4.98 Å². The van der Waals surface area contributed by atoms with Crippen LogP contribution in [0.15, 0.2) is 4.47 Å². The summed E-state index contributed by atoms with van der Waals surface area (Å²) < 4.78 is 0.952. The molecule has 0 saturated carbocycles. The third-order valence-electron chi connectivity index (χ3n) is 2.83. The molecule has 0 bridgehead atoms. The molecule has 1 heterocycles. The molecule has 0 atom stereocenters. The Morgan fingerprint density at radius 3 is 2.11 bits per heavy atom. The molecule has 0 unspecified atom stereocenters. The van der Waals surface area contributed by atoms with E-state index >= 15 is 0 Å². The summed E-state index contributed by atoms with van der Waals surface area (Å²) in [6, 6.07) is 0. The van der Waals surface area contributed by atoms with Crippen molar-refractivity contribution in [1.82, 2.24) is 9.97 Å². The van der Waals surface area contributed by atoms with Crippen LogP contribution in [0, 0.1) is 0 Å². The first-order chi connectivity index (χ1) is 8.35. The molecule has 18 heavy (non-hydrogen) atoms. The minimum absolute atomic E-state index is 0.0186. The van der Waals surface area contributed by atoms with E-state index in [2.05, 4.69) is 65.7 Å². The smallest absolute Gasteiger partial charge is 0.227 e. The highest BCUT2D eigenvalue weighted by Gasteiger charge is 2.23. The zero-order chi connectivity index (χ0) is 13.9. The maximum atomic E-state index is 4.72. The van der Waals surface area contributed by atoms with Crippen LogP contribution in [0.2, 0.25) is 0 Å². The van der Waals surface area contributed by atoms with Crippen molar-refractivity contribution in [3.05, 3.63) is 10.2 Å². The van der Waals surface area contributed by atoms with Gasteiger partial charge in [0.05, 0.1) is 10.2 Å². The monoisotopic (exact) mass is 314 g/mol. The summed E-state index contributed by atoms with van der Waals surface area (Å²) in [7, 11) is 1.88. The first kappa shape index (κ1) is 15.2. The van der Waals surface area contributed by atoms with Crippen molar-refractivity contribution < 1.29 is 0 Å². The second-order valence-electron chi connectivity index (χ2n) is 5.21. The highest BCUT2D eigenvalue weighted by Crippen LogP contribution is 2.33. The van der Waals surface area contributed by atoms with Gasteiger partial charge in [0.15, 0.2) is 0 Å². The molecule has 0 aromatic carbocycles. The minimum atomic E-state index is -0.0186. The maximum Gasteiger partial charge on any atom is 0.227 e. The summed E-state index contributed by atoms with van der Waals surface area (Å²) in [6.07, 6.45) is 0. The van der Waals surface area contributed by atoms with Gasteiger partial charge in [-0.15, -0.1) is 0 Å². The maximum absolute atomic E-state index is 4.72. The second-order valence-corrected chi connectivity index (χ2v) is 6.00. The van der Waals surface area contributed by atoms with E-state index in [0.717, 1.165) is 35.0 Å². The summed E-state index contributed by atoms with van der Waals surface area (Å²) in [5.41, 5.74) is 1.01. The third-order valence-corrected chi connectivity index (χ3v) is 3.58. The molecule has 1 rings (SSSR count). The standard InChI is InChI=1S/C13H23BrN4/c1-7-18(8-2)12-16-10(13(3,4)5)9(14)11(15-6)17-12/h7-8H2,1-6H3,(H,15,16,17). The SMILES string of the molecule is CCN(CC)c1nc(NC)c(Br)c(C(C)(C)C)n1. The van der Waals surface area contributed by atoms with Crippen LogP contribution in [0.25, 0.3) is 0 Å². The Morgan fingerprint density at radius 1 is 1.17 bits per heavy atom. The molecule has 1 aromatic heterocycles. The van der Waals surface area contributed by atoms with E-state index < -0.39 is 0 Å². The van der Waals surface area contributed by atoms with Crippen molar-refractivity contribution in [2.75, 3.05) is 30.4 Å². The van der Waals surface area contributed by atoms with Crippen LogP contribution in [0.3, 0.4) is 0 Å². The van der Waals surface area contributed by atoms with Gasteiger partial charge in [0, 0.05) is 25.6 Å². The van der Waals surface area contributed by atoms with Crippen LogP contribution in [0.1, 0.15) is 40.3 Å². The van der Waals surface area contributed by atoms with Crippen molar-refractivity contribution in [3.8, 4) is 0 Å². The predicted octanol–water partition coefficient (Wildman–Crippen LogP) is 3.42. The Labute approximate surface area is 118 Å². The van der Waals surface area contributed by atoms with Crippen LogP contribution in [-0.2, 0) is 5.41 Å². The largest absolute Gasteiger partial charge is 0.372 e. The average molecular weight is 315 g/mol. The molecule has 102 valence electrons. The fourth-order valence-corrected chi connectivity index (χ4v) is 2.72. The number of rotatable bonds is 4. The summed E-state index contributed by atoms with van der Waals surface area (Å²) >= 11 is 3.60. The van der Waals surface area contributed by atoms with Gasteiger partial charge in [0.25, 0.3) is 0 Å². The van der Waals surface area contributed by atoms with Crippen molar-refractivity contribution in [2.45, 2.75) is 40.0 Å². The quantitative estimate of drug-likeness (QED) is 0.924. The van der Waals surface area contributed by atoms with Crippen LogP contribution in [0.4, 0.5) is 11.8 Å². The van der Waals surface area contributed by atoms with Gasteiger partial charge >= 0.3 is 0 Å². The molecule has 0 aliphatic heterocycles. The first-order valence-electron chi connectivity index (χ1n) is 6.35. The van der Waals surface area contributed by atoms with Gasteiger partial charge in [0.2, 0.25) is 5.95 Å². The molecule has 4 nitrogen and oxygen atoms in total. The van der Waals surface area contributed by atoms with Crippen molar-refractivity contribution in [1.29, 1.82) is 0 Å². The third kappa shape index (κ3) is 3.13. The Balaban J connectivity index is 3.39. The topological polar surface area (TPSA) is 41.1 Å². The lowest BCUT2D eigenvalue weighted by atomic mass is 9.92. The lowest BCUT2D eigenvalue weighted by molar-refractivity contribution is 0.562. The predicted molar refractivity (Wildman–Crippen MR) is 81.5 cm³/mol. The highest BCUT2D eigenvalue weighted by atomic mass is 79.9. The Hall–Kier alpha value is -0.840. The van der Waals surface area contributed by atoms with E-state index in [4.69, 9.17) is 4.98 Å². The Bertz CT molecular complexity index is 408. The number of hydrogen-bond donors (Lipinski definition) is 1. The van der Waals surface area contributed by atoms with E-state index in [-0.39, 0.29) is 5.41 Å². The number of nitrogens with zero attached hydrogens (tertiary/aromatic N) is 3. The van der Waals surface area contributed by atoms with Crippen LogP contribution in [-0.4, -0.2) is 30.1 Å². The lowest BCUT2D eigenvalue weighted by Crippen LogP contribution is -2.27. The zero-order valence-corrected chi connectivity index (χ0v) is 13.7. The number of nitrogens with one attached hydrogen (secondary N) is 1.